The molecule has 34 heavy (non-hydrogen) atoms. The molecule has 2 fully saturated rings. The molecule has 5 aliphatic rings. The molecular weight excluding hydrogens is 458 g/mol. The van der Waals surface area contributed by atoms with Gasteiger partial charge < -0.3 is 20.3 Å². The van der Waals surface area contributed by atoms with Crippen molar-refractivity contribution in [3.8, 4) is 0 Å². The van der Waals surface area contributed by atoms with Gasteiger partial charge in [0.1, 0.15) is 12.0 Å². The summed E-state index contributed by atoms with van der Waals surface area (Å²) in [5.41, 5.74) is 2.59. The van der Waals surface area contributed by atoms with Crippen molar-refractivity contribution < 1.29 is 18.4 Å². The summed E-state index contributed by atoms with van der Waals surface area (Å²) in [5.74, 6) is -0.155. The van der Waals surface area contributed by atoms with E-state index in [2.05, 4.69) is 35.3 Å². The van der Waals surface area contributed by atoms with Crippen molar-refractivity contribution in [1.29, 1.82) is 0 Å². The Kier molecular flexibility index (Phi) is 6.25. The first kappa shape index (κ1) is 23.5. The molecule has 0 bridgehead atoms. The highest BCUT2D eigenvalue weighted by Gasteiger charge is 2.45. The third-order valence-electron chi connectivity index (χ3n) is 7.35. The van der Waals surface area contributed by atoms with Gasteiger partial charge in [-0.25, -0.2) is 13.6 Å². The third-order valence-corrected chi connectivity index (χ3v) is 8.18. The van der Waals surface area contributed by atoms with Gasteiger partial charge in [0.05, 0.1) is 5.92 Å². The second-order valence-corrected chi connectivity index (χ2v) is 11.7. The first-order chi connectivity index (χ1) is 16.2. The number of alkyl halides is 1. The van der Waals surface area contributed by atoms with Gasteiger partial charge in [0.2, 0.25) is 0 Å². The molecule has 0 aromatic rings. The Bertz CT molecular complexity index is 1010. The predicted molar refractivity (Wildman–Crippen MR) is 129 cm³/mol. The summed E-state index contributed by atoms with van der Waals surface area (Å²) in [4.78, 5) is 27.3. The summed E-state index contributed by atoms with van der Waals surface area (Å²) in [6.45, 7) is 5.72. The van der Waals surface area contributed by atoms with E-state index in [0.717, 1.165) is 17.0 Å². The van der Waals surface area contributed by atoms with Crippen molar-refractivity contribution in [2.75, 3.05) is 19.6 Å². The van der Waals surface area contributed by atoms with Gasteiger partial charge in [-0.1, -0.05) is 37.9 Å². The molecule has 3 aliphatic carbocycles. The number of rotatable bonds is 5. The summed E-state index contributed by atoms with van der Waals surface area (Å²) in [7, 11) is 0. The topological polar surface area (TPSA) is 73.5 Å². The van der Waals surface area contributed by atoms with Crippen LogP contribution in [0.15, 0.2) is 46.6 Å². The standard InChI is InChI=1S/C25H32F2N4O2S/c1-14(2)34-30-20-10-15(9-18-22(20)23(18)27)13-28-24(33)31-7-5-25(6-8-31)12-21(32)17-11-16(26)3-4-19(17)29-25/h4,10-11,14-16,22,29-30H,3,5-9,12-13H2,1-2H3,(H,28,33)/t15?,16?,22-/m0/s1. The fraction of sp³-hybridized carbons (Fsp3) is 0.600. The minimum atomic E-state index is -1.09. The minimum absolute atomic E-state index is 0.0192. The zero-order valence-corrected chi connectivity index (χ0v) is 20.4. The number of carbonyl (C=O) groups is 2. The summed E-state index contributed by atoms with van der Waals surface area (Å²) >= 11 is 1.57. The van der Waals surface area contributed by atoms with Crippen LogP contribution in [0.4, 0.5) is 13.6 Å². The molecule has 0 aromatic carbocycles. The normalized spacial score (nSPS) is 29.6. The second-order valence-electron chi connectivity index (χ2n) is 10.3. The molecule has 6 nitrogen and oxygen atoms in total. The van der Waals surface area contributed by atoms with Crippen molar-refractivity contribution in [3.05, 3.63) is 46.6 Å². The van der Waals surface area contributed by atoms with Gasteiger partial charge in [0.25, 0.3) is 0 Å². The van der Waals surface area contributed by atoms with Crippen LogP contribution in [0.2, 0.25) is 0 Å². The van der Waals surface area contributed by atoms with Gasteiger partial charge in [0, 0.05) is 66.1 Å². The average molecular weight is 491 g/mol. The van der Waals surface area contributed by atoms with Crippen LogP contribution in [-0.4, -0.2) is 53.3 Å². The number of nitrogens with zero attached hydrogens (tertiary/aromatic N) is 1. The van der Waals surface area contributed by atoms with Crippen LogP contribution in [0, 0.1) is 11.8 Å². The molecule has 0 saturated carbocycles. The van der Waals surface area contributed by atoms with E-state index in [-0.39, 0.29) is 41.4 Å². The number of hydrogen-bond donors (Lipinski definition) is 3. The number of halogens is 2. The molecule has 5 rings (SSSR count). The third kappa shape index (κ3) is 4.63. The highest BCUT2D eigenvalue weighted by molar-refractivity contribution is 7.98. The Hall–Kier alpha value is -2.29. The van der Waals surface area contributed by atoms with E-state index in [1.807, 2.05) is 0 Å². The van der Waals surface area contributed by atoms with Crippen LogP contribution in [0.25, 0.3) is 0 Å². The number of fused-ring (bicyclic) bond motifs is 2. The smallest absolute Gasteiger partial charge is 0.317 e. The van der Waals surface area contributed by atoms with E-state index in [1.165, 1.54) is 6.08 Å². The largest absolute Gasteiger partial charge is 0.379 e. The summed E-state index contributed by atoms with van der Waals surface area (Å²) in [6.07, 6.45) is 6.76. The van der Waals surface area contributed by atoms with E-state index in [0.29, 0.717) is 56.1 Å². The first-order valence-electron chi connectivity index (χ1n) is 12.2. The van der Waals surface area contributed by atoms with Crippen LogP contribution < -0.4 is 15.4 Å². The maximum Gasteiger partial charge on any atom is 0.317 e. The van der Waals surface area contributed by atoms with Gasteiger partial charge in [-0.3, -0.25) is 4.79 Å². The SMILES string of the molecule is CC(C)SNC1=CC(CNC(=O)N2CCC3(CC2)CC(=O)C2=CC(F)CC=C2N3)CC2=C(F)[C@H]12. The van der Waals surface area contributed by atoms with Gasteiger partial charge in [-0.2, -0.15) is 0 Å². The maximum atomic E-state index is 14.1. The van der Waals surface area contributed by atoms with E-state index in [1.54, 1.807) is 22.9 Å². The number of hydrogen-bond acceptors (Lipinski definition) is 5. The van der Waals surface area contributed by atoms with Crippen LogP contribution >= 0.6 is 11.9 Å². The van der Waals surface area contributed by atoms with Crippen molar-refractivity contribution in [3.63, 3.8) is 0 Å². The molecule has 9 heteroatoms. The van der Waals surface area contributed by atoms with Gasteiger partial charge in [-0.15, -0.1) is 0 Å². The molecule has 2 heterocycles. The lowest BCUT2D eigenvalue weighted by atomic mass is 9.76. The predicted octanol–water partition coefficient (Wildman–Crippen LogP) is 4.05. The van der Waals surface area contributed by atoms with Gasteiger partial charge in [0.15, 0.2) is 5.78 Å². The number of amides is 2. The molecule has 3 N–H and O–H groups in total. The molecule has 2 saturated heterocycles. The summed E-state index contributed by atoms with van der Waals surface area (Å²) in [5, 5.41) is 6.91. The van der Waals surface area contributed by atoms with Crippen molar-refractivity contribution in [2.45, 2.75) is 62.9 Å². The number of carbonyl (C=O) groups excluding carboxylic acids is 2. The number of likely N-dealkylation sites (tertiary alicyclic amines) is 1. The van der Waals surface area contributed by atoms with Crippen LogP contribution in [0.3, 0.4) is 0 Å². The Morgan fingerprint density at radius 1 is 1.32 bits per heavy atom. The minimum Gasteiger partial charge on any atom is -0.379 e. The van der Waals surface area contributed by atoms with Gasteiger partial charge in [-0.05, 0) is 30.9 Å². The molecule has 0 radical (unpaired) electrons. The molecule has 3 atom stereocenters. The van der Waals surface area contributed by atoms with Crippen molar-refractivity contribution in [2.24, 2.45) is 11.8 Å². The highest BCUT2D eigenvalue weighted by atomic mass is 32.2. The quantitative estimate of drug-likeness (QED) is 0.507. The van der Waals surface area contributed by atoms with Gasteiger partial charge >= 0.3 is 6.03 Å². The highest BCUT2D eigenvalue weighted by Crippen LogP contribution is 2.52. The van der Waals surface area contributed by atoms with E-state index in [4.69, 9.17) is 0 Å². The molecule has 2 unspecified atom stereocenters. The van der Waals surface area contributed by atoms with Crippen LogP contribution in [-0.2, 0) is 4.79 Å². The molecule has 0 aromatic heterocycles. The molecule has 2 aliphatic heterocycles. The van der Waals surface area contributed by atoms with Crippen LogP contribution in [0.5, 0.6) is 0 Å². The van der Waals surface area contributed by atoms with Crippen molar-refractivity contribution >= 4 is 23.8 Å². The van der Waals surface area contributed by atoms with Crippen molar-refractivity contribution in [1.82, 2.24) is 20.3 Å². The van der Waals surface area contributed by atoms with Crippen LogP contribution in [0.1, 0.15) is 46.0 Å². The van der Waals surface area contributed by atoms with E-state index >= 15 is 0 Å². The Labute approximate surface area is 203 Å². The van der Waals surface area contributed by atoms with E-state index in [9.17, 15) is 18.4 Å². The molecular formula is C25H32F2N4O2S. The molecule has 184 valence electrons. The zero-order valence-electron chi connectivity index (χ0n) is 19.6. The first-order valence-corrected chi connectivity index (χ1v) is 13.0. The number of urea groups is 1. The number of ketones is 1. The summed E-state index contributed by atoms with van der Waals surface area (Å²) < 4.78 is 31.0. The number of allylic oxidation sites excluding steroid dienone is 4. The Balaban J connectivity index is 1.13. The second kappa shape index (κ2) is 9.06. The lowest BCUT2D eigenvalue weighted by Gasteiger charge is -2.46. The lowest BCUT2D eigenvalue weighted by molar-refractivity contribution is -0.118. The zero-order chi connectivity index (χ0) is 24.0. The lowest BCUT2D eigenvalue weighted by Crippen LogP contribution is -2.59. The fourth-order valence-corrected chi connectivity index (χ4v) is 5.98. The Morgan fingerprint density at radius 2 is 2.09 bits per heavy atom. The fourth-order valence-electron chi connectivity index (χ4n) is 5.42. The molecule has 2 amide bonds. The average Bonchev–Trinajstić information content (AvgIpc) is 3.46. The monoisotopic (exact) mass is 490 g/mol. The number of nitrogens with one attached hydrogen (secondary N) is 3. The Morgan fingerprint density at radius 3 is 2.82 bits per heavy atom. The summed E-state index contributed by atoms with van der Waals surface area (Å²) in [6, 6.07) is -0.124. The maximum absolute atomic E-state index is 14.1. The molecule has 1 spiro atoms. The number of Topliss-reactive ketones (excluding diaryl/α,β-unsaturated/α-hetero) is 1. The van der Waals surface area contributed by atoms with E-state index < -0.39 is 6.17 Å². The number of piperidine rings is 2.